The molecule has 0 aliphatic carbocycles. The molecule has 0 aromatic rings. The van der Waals surface area contributed by atoms with Crippen LogP contribution in [0.3, 0.4) is 0 Å². The Labute approximate surface area is 159 Å². The number of sulfone groups is 1. The van der Waals surface area contributed by atoms with Gasteiger partial charge in [0.2, 0.25) is 0 Å². The van der Waals surface area contributed by atoms with Crippen molar-refractivity contribution in [2.24, 2.45) is 10.9 Å². The second-order valence-corrected chi connectivity index (χ2v) is 9.64. The zero-order valence-corrected chi connectivity index (χ0v) is 17.8. The van der Waals surface area contributed by atoms with Crippen molar-refractivity contribution in [1.29, 1.82) is 0 Å². The summed E-state index contributed by atoms with van der Waals surface area (Å²) in [6.45, 7) is 9.08. The van der Waals surface area contributed by atoms with E-state index in [0.29, 0.717) is 25.1 Å². The van der Waals surface area contributed by atoms with Crippen molar-refractivity contribution in [2.45, 2.75) is 45.6 Å². The molecule has 0 aromatic heterocycles. The first-order chi connectivity index (χ1) is 12.3. The highest BCUT2D eigenvalue weighted by molar-refractivity contribution is 7.90. The van der Waals surface area contributed by atoms with Gasteiger partial charge in [0.25, 0.3) is 0 Å². The molecule has 1 aliphatic rings. The summed E-state index contributed by atoms with van der Waals surface area (Å²) in [5.74, 6) is 1.40. The van der Waals surface area contributed by atoms with Crippen LogP contribution in [-0.4, -0.2) is 83.8 Å². The Morgan fingerprint density at radius 1 is 1.12 bits per heavy atom. The Hall–Kier alpha value is -0.860. The van der Waals surface area contributed by atoms with E-state index < -0.39 is 9.84 Å². The van der Waals surface area contributed by atoms with E-state index in [4.69, 9.17) is 4.74 Å². The fraction of sp³-hybridized carbons (Fsp3) is 0.944. The van der Waals surface area contributed by atoms with Crippen LogP contribution >= 0.6 is 0 Å². The molecule has 1 aliphatic heterocycles. The van der Waals surface area contributed by atoms with Crippen molar-refractivity contribution in [3.8, 4) is 0 Å². The largest absolute Gasteiger partial charge is 0.379 e. The molecule has 0 aromatic carbocycles. The summed E-state index contributed by atoms with van der Waals surface area (Å²) < 4.78 is 27.4. The number of rotatable bonds is 10. The van der Waals surface area contributed by atoms with Crippen LogP contribution in [0.15, 0.2) is 4.99 Å². The van der Waals surface area contributed by atoms with Gasteiger partial charge in [0, 0.05) is 32.4 Å². The number of likely N-dealkylation sites (tertiary alicyclic amines) is 1. The minimum atomic E-state index is -2.96. The van der Waals surface area contributed by atoms with Crippen LogP contribution in [0.25, 0.3) is 0 Å². The van der Waals surface area contributed by atoms with Crippen LogP contribution in [0.4, 0.5) is 0 Å². The molecule has 8 heteroatoms. The van der Waals surface area contributed by atoms with Gasteiger partial charge >= 0.3 is 0 Å². The van der Waals surface area contributed by atoms with E-state index in [1.165, 1.54) is 45.0 Å². The SMILES string of the molecule is CN=C(NCCOCCS(C)(=O)=O)NCC(C(C)C)N1CCCCCC1. The number of ether oxygens (including phenoxy) is 1. The van der Waals surface area contributed by atoms with Crippen LogP contribution in [0.1, 0.15) is 39.5 Å². The predicted molar refractivity (Wildman–Crippen MR) is 109 cm³/mol. The van der Waals surface area contributed by atoms with E-state index >= 15 is 0 Å². The van der Waals surface area contributed by atoms with Gasteiger partial charge in [-0.15, -0.1) is 0 Å². The average molecular weight is 391 g/mol. The van der Waals surface area contributed by atoms with Gasteiger partial charge < -0.3 is 15.4 Å². The van der Waals surface area contributed by atoms with Gasteiger partial charge in [0.05, 0.1) is 19.0 Å². The molecule has 1 unspecified atom stereocenters. The quantitative estimate of drug-likeness (QED) is 0.330. The Bertz CT molecular complexity index is 501. The van der Waals surface area contributed by atoms with E-state index in [0.717, 1.165) is 12.5 Å². The van der Waals surface area contributed by atoms with Crippen LogP contribution in [-0.2, 0) is 14.6 Å². The number of hydrogen-bond acceptors (Lipinski definition) is 5. The lowest BCUT2D eigenvalue weighted by atomic mass is 10.0. The molecule has 1 saturated heterocycles. The Balaban J connectivity index is 2.31. The van der Waals surface area contributed by atoms with Crippen molar-refractivity contribution in [1.82, 2.24) is 15.5 Å². The van der Waals surface area contributed by atoms with E-state index in [1.807, 2.05) is 0 Å². The van der Waals surface area contributed by atoms with E-state index in [1.54, 1.807) is 7.05 Å². The maximum atomic E-state index is 11.0. The third-order valence-electron chi connectivity index (χ3n) is 4.72. The molecule has 7 nitrogen and oxygen atoms in total. The number of nitrogens with zero attached hydrogens (tertiary/aromatic N) is 2. The summed E-state index contributed by atoms with van der Waals surface area (Å²) in [7, 11) is -1.20. The van der Waals surface area contributed by atoms with Gasteiger partial charge in [0.15, 0.2) is 5.96 Å². The van der Waals surface area contributed by atoms with E-state index in [2.05, 4.69) is 34.4 Å². The van der Waals surface area contributed by atoms with Crippen LogP contribution in [0.2, 0.25) is 0 Å². The zero-order chi connectivity index (χ0) is 19.4. The van der Waals surface area contributed by atoms with Gasteiger partial charge in [0.1, 0.15) is 9.84 Å². The molecule has 1 rings (SSSR count). The van der Waals surface area contributed by atoms with Crippen molar-refractivity contribution in [3.05, 3.63) is 0 Å². The second-order valence-electron chi connectivity index (χ2n) is 7.38. The summed E-state index contributed by atoms with van der Waals surface area (Å²) in [5, 5.41) is 6.65. The van der Waals surface area contributed by atoms with Gasteiger partial charge in [-0.3, -0.25) is 9.89 Å². The topological polar surface area (TPSA) is 83.0 Å². The number of guanidine groups is 1. The maximum absolute atomic E-state index is 11.0. The van der Waals surface area contributed by atoms with Crippen molar-refractivity contribution in [3.63, 3.8) is 0 Å². The summed E-state index contributed by atoms with van der Waals surface area (Å²) in [6.07, 6.45) is 6.49. The highest BCUT2D eigenvalue weighted by atomic mass is 32.2. The molecule has 0 radical (unpaired) electrons. The molecular weight excluding hydrogens is 352 g/mol. The van der Waals surface area contributed by atoms with Crippen LogP contribution < -0.4 is 10.6 Å². The Morgan fingerprint density at radius 2 is 1.77 bits per heavy atom. The molecule has 0 saturated carbocycles. The molecule has 0 bridgehead atoms. The lowest BCUT2D eigenvalue weighted by Crippen LogP contribution is -2.50. The Kier molecular flexibility index (Phi) is 11.2. The number of nitrogens with one attached hydrogen (secondary N) is 2. The fourth-order valence-corrected chi connectivity index (χ4v) is 3.61. The lowest BCUT2D eigenvalue weighted by Gasteiger charge is -2.34. The highest BCUT2D eigenvalue weighted by Gasteiger charge is 2.22. The van der Waals surface area contributed by atoms with E-state index in [9.17, 15) is 8.42 Å². The van der Waals surface area contributed by atoms with Crippen LogP contribution in [0.5, 0.6) is 0 Å². The normalized spacial score (nSPS) is 18.6. The molecule has 26 heavy (non-hydrogen) atoms. The third-order valence-corrected chi connectivity index (χ3v) is 5.63. The first kappa shape index (κ1) is 23.2. The smallest absolute Gasteiger partial charge is 0.191 e. The standard InChI is InChI=1S/C18H38N4O3S/c1-16(2)17(22-10-7-5-6-8-11-22)15-21-18(19-3)20-9-12-25-13-14-26(4,23)24/h16-17H,5-15H2,1-4H3,(H2,19,20,21). The number of hydrogen-bond donors (Lipinski definition) is 2. The van der Waals surface area contributed by atoms with E-state index in [-0.39, 0.29) is 12.4 Å². The minimum absolute atomic E-state index is 0.0614. The predicted octanol–water partition coefficient (Wildman–Crippen LogP) is 1.11. The molecule has 0 amide bonds. The number of aliphatic imine (C=N–C) groups is 1. The Morgan fingerprint density at radius 3 is 2.31 bits per heavy atom. The molecule has 1 heterocycles. The first-order valence-corrected chi connectivity index (χ1v) is 11.8. The molecule has 0 spiro atoms. The monoisotopic (exact) mass is 390 g/mol. The first-order valence-electron chi connectivity index (χ1n) is 9.77. The molecule has 2 N–H and O–H groups in total. The third kappa shape index (κ3) is 10.3. The average Bonchev–Trinajstić information content (AvgIpc) is 2.84. The van der Waals surface area contributed by atoms with Gasteiger partial charge in [-0.2, -0.15) is 0 Å². The summed E-state index contributed by atoms with van der Waals surface area (Å²) in [6, 6.07) is 0.498. The fourth-order valence-electron chi connectivity index (χ4n) is 3.19. The van der Waals surface area contributed by atoms with Gasteiger partial charge in [-0.1, -0.05) is 26.7 Å². The maximum Gasteiger partial charge on any atom is 0.191 e. The summed E-state index contributed by atoms with van der Waals surface area (Å²) >= 11 is 0. The zero-order valence-electron chi connectivity index (χ0n) is 17.0. The minimum Gasteiger partial charge on any atom is -0.379 e. The lowest BCUT2D eigenvalue weighted by molar-refractivity contribution is 0.153. The summed E-state index contributed by atoms with van der Waals surface area (Å²) in [5.41, 5.74) is 0. The van der Waals surface area contributed by atoms with Gasteiger partial charge in [-0.25, -0.2) is 8.42 Å². The van der Waals surface area contributed by atoms with Gasteiger partial charge in [-0.05, 0) is 31.8 Å². The highest BCUT2D eigenvalue weighted by Crippen LogP contribution is 2.16. The van der Waals surface area contributed by atoms with Crippen molar-refractivity contribution >= 4 is 15.8 Å². The second kappa shape index (κ2) is 12.5. The molecule has 154 valence electrons. The summed E-state index contributed by atoms with van der Waals surface area (Å²) in [4.78, 5) is 6.88. The van der Waals surface area contributed by atoms with Crippen LogP contribution in [0, 0.1) is 5.92 Å². The molecule has 1 atom stereocenters. The van der Waals surface area contributed by atoms with Crippen molar-refractivity contribution < 1.29 is 13.2 Å². The molecular formula is C18H38N4O3S. The van der Waals surface area contributed by atoms with Crippen molar-refractivity contribution in [2.75, 3.05) is 58.4 Å². The molecule has 1 fully saturated rings.